The molecular formula is C14H26O3Si. The lowest BCUT2D eigenvalue weighted by molar-refractivity contribution is -0.143. The summed E-state index contributed by atoms with van der Waals surface area (Å²) >= 11 is 0. The van der Waals surface area contributed by atoms with Gasteiger partial charge in [-0.2, -0.15) is 0 Å². The third-order valence-electron chi connectivity index (χ3n) is 2.88. The van der Waals surface area contributed by atoms with Crippen molar-refractivity contribution < 1.29 is 14.0 Å². The van der Waals surface area contributed by atoms with Crippen LogP contribution in [0.25, 0.3) is 0 Å². The topological polar surface area (TPSA) is 35.5 Å². The normalized spacial score (nSPS) is 20.2. The molecule has 0 aromatic heterocycles. The van der Waals surface area contributed by atoms with E-state index >= 15 is 0 Å². The van der Waals surface area contributed by atoms with Gasteiger partial charge < -0.3 is 9.16 Å². The van der Waals surface area contributed by atoms with Crippen LogP contribution in [0.5, 0.6) is 0 Å². The monoisotopic (exact) mass is 270 g/mol. The van der Waals surface area contributed by atoms with E-state index < -0.39 is 8.32 Å². The molecule has 0 amide bonds. The Labute approximate surface area is 112 Å². The van der Waals surface area contributed by atoms with Gasteiger partial charge in [0.15, 0.2) is 0 Å². The number of hydrogen-bond donors (Lipinski definition) is 0. The average molecular weight is 270 g/mol. The van der Waals surface area contributed by atoms with E-state index in [2.05, 4.69) is 25.7 Å². The molecule has 104 valence electrons. The Morgan fingerprint density at radius 1 is 1.44 bits per heavy atom. The molecule has 0 bridgehead atoms. The number of carbonyl (C=O) groups excluding carboxylic acids is 1. The summed E-state index contributed by atoms with van der Waals surface area (Å²) in [6, 6.07) is 0. The van der Waals surface area contributed by atoms with Gasteiger partial charge in [-0.1, -0.05) is 0 Å². The fourth-order valence-electron chi connectivity index (χ4n) is 2.21. The van der Waals surface area contributed by atoms with Crippen molar-refractivity contribution in [1.29, 1.82) is 0 Å². The Balaban J connectivity index is 2.42. The van der Waals surface area contributed by atoms with Crippen LogP contribution < -0.4 is 0 Å². The quantitative estimate of drug-likeness (QED) is 0.543. The SMILES string of the molecule is CCOC(=O)CC[C@@H]1C=C(O[Si](C)(C)C)CCC1. The second kappa shape index (κ2) is 6.97. The largest absolute Gasteiger partial charge is 0.548 e. The van der Waals surface area contributed by atoms with E-state index in [4.69, 9.17) is 9.16 Å². The third kappa shape index (κ3) is 6.24. The van der Waals surface area contributed by atoms with E-state index in [1.54, 1.807) is 0 Å². The van der Waals surface area contributed by atoms with Crippen molar-refractivity contribution in [3.63, 3.8) is 0 Å². The van der Waals surface area contributed by atoms with E-state index in [1.165, 1.54) is 6.42 Å². The van der Waals surface area contributed by atoms with Gasteiger partial charge in [0.25, 0.3) is 0 Å². The van der Waals surface area contributed by atoms with Crippen molar-refractivity contribution in [3.05, 3.63) is 11.8 Å². The summed E-state index contributed by atoms with van der Waals surface area (Å²) < 4.78 is 11.0. The van der Waals surface area contributed by atoms with Crippen molar-refractivity contribution >= 4 is 14.3 Å². The third-order valence-corrected chi connectivity index (χ3v) is 3.76. The zero-order valence-corrected chi connectivity index (χ0v) is 13.1. The van der Waals surface area contributed by atoms with Crippen molar-refractivity contribution in [2.45, 2.75) is 58.7 Å². The first-order valence-corrected chi connectivity index (χ1v) is 10.4. The smallest absolute Gasteiger partial charge is 0.305 e. The van der Waals surface area contributed by atoms with Crippen LogP contribution in [0.15, 0.2) is 11.8 Å². The molecule has 0 radical (unpaired) electrons. The molecule has 0 spiro atoms. The van der Waals surface area contributed by atoms with E-state index in [9.17, 15) is 4.79 Å². The summed E-state index contributed by atoms with van der Waals surface area (Å²) in [5.74, 6) is 1.55. The molecular weight excluding hydrogens is 244 g/mol. The zero-order valence-electron chi connectivity index (χ0n) is 12.1. The van der Waals surface area contributed by atoms with E-state index in [1.807, 2.05) is 6.92 Å². The molecule has 0 aromatic rings. The Kier molecular flexibility index (Phi) is 5.92. The molecule has 1 aliphatic rings. The van der Waals surface area contributed by atoms with Gasteiger partial charge >= 0.3 is 5.97 Å². The minimum absolute atomic E-state index is 0.0795. The number of allylic oxidation sites excluding steroid dienone is 2. The first-order chi connectivity index (χ1) is 8.40. The zero-order chi connectivity index (χ0) is 13.6. The molecule has 0 N–H and O–H groups in total. The van der Waals surface area contributed by atoms with Gasteiger partial charge in [-0.15, -0.1) is 0 Å². The number of carbonyl (C=O) groups is 1. The van der Waals surface area contributed by atoms with E-state index in [0.717, 1.165) is 25.0 Å². The lowest BCUT2D eigenvalue weighted by Crippen LogP contribution is -2.26. The summed E-state index contributed by atoms with van der Waals surface area (Å²) in [6.45, 7) is 8.93. The van der Waals surface area contributed by atoms with Gasteiger partial charge in [0.1, 0.15) is 0 Å². The first kappa shape index (κ1) is 15.3. The van der Waals surface area contributed by atoms with Crippen molar-refractivity contribution in [2.75, 3.05) is 6.61 Å². The maximum atomic E-state index is 11.3. The van der Waals surface area contributed by atoms with Crippen molar-refractivity contribution in [3.8, 4) is 0 Å². The molecule has 0 aromatic carbocycles. The highest BCUT2D eigenvalue weighted by atomic mass is 28.4. The predicted molar refractivity (Wildman–Crippen MR) is 75.7 cm³/mol. The molecule has 0 unspecified atom stereocenters. The average Bonchev–Trinajstić information content (AvgIpc) is 2.25. The molecule has 3 nitrogen and oxygen atoms in total. The summed E-state index contributed by atoms with van der Waals surface area (Å²) in [6.07, 6.45) is 7.04. The maximum absolute atomic E-state index is 11.3. The van der Waals surface area contributed by atoms with Gasteiger partial charge in [0.2, 0.25) is 8.32 Å². The molecule has 0 saturated heterocycles. The fraction of sp³-hybridized carbons (Fsp3) is 0.786. The molecule has 1 rings (SSSR count). The van der Waals surface area contributed by atoms with Gasteiger partial charge in [0.05, 0.1) is 12.4 Å². The van der Waals surface area contributed by atoms with Crippen molar-refractivity contribution in [1.82, 2.24) is 0 Å². The van der Waals surface area contributed by atoms with Crippen LogP contribution >= 0.6 is 0 Å². The molecule has 0 heterocycles. The van der Waals surface area contributed by atoms with E-state index in [0.29, 0.717) is 18.9 Å². The lowest BCUT2D eigenvalue weighted by Gasteiger charge is -2.27. The second-order valence-electron chi connectivity index (χ2n) is 5.84. The van der Waals surface area contributed by atoms with Crippen LogP contribution in [-0.2, 0) is 14.0 Å². The molecule has 4 heteroatoms. The standard InChI is InChI=1S/C14H26O3Si/c1-5-16-14(15)10-9-12-7-6-8-13(11-12)17-18(2,3)4/h11-12H,5-10H2,1-4H3/t12-/m1/s1. The number of ether oxygens (including phenoxy) is 1. The van der Waals surface area contributed by atoms with Crippen LogP contribution in [0.2, 0.25) is 19.6 Å². The Morgan fingerprint density at radius 2 is 2.17 bits per heavy atom. The Bertz CT molecular complexity index is 305. The molecule has 18 heavy (non-hydrogen) atoms. The Hall–Kier alpha value is -0.773. The van der Waals surface area contributed by atoms with Crippen LogP contribution in [0.1, 0.15) is 39.0 Å². The lowest BCUT2D eigenvalue weighted by atomic mass is 9.91. The minimum atomic E-state index is -1.49. The predicted octanol–water partition coefficient (Wildman–Crippen LogP) is 3.87. The Morgan fingerprint density at radius 3 is 2.78 bits per heavy atom. The summed E-state index contributed by atoms with van der Waals surface area (Å²) in [5.41, 5.74) is 0. The molecule has 0 fully saturated rings. The fourth-order valence-corrected chi connectivity index (χ4v) is 3.17. The second-order valence-corrected chi connectivity index (χ2v) is 10.3. The highest BCUT2D eigenvalue weighted by molar-refractivity contribution is 6.70. The van der Waals surface area contributed by atoms with Crippen molar-refractivity contribution in [2.24, 2.45) is 5.92 Å². The molecule has 0 aliphatic heterocycles. The first-order valence-electron chi connectivity index (χ1n) is 6.96. The van der Waals surface area contributed by atoms with E-state index in [-0.39, 0.29) is 5.97 Å². The van der Waals surface area contributed by atoms with Gasteiger partial charge in [0, 0.05) is 12.8 Å². The highest BCUT2D eigenvalue weighted by Crippen LogP contribution is 2.28. The van der Waals surface area contributed by atoms with Gasteiger partial charge in [-0.05, 0) is 57.8 Å². The maximum Gasteiger partial charge on any atom is 0.305 e. The minimum Gasteiger partial charge on any atom is -0.548 e. The van der Waals surface area contributed by atoms with Crippen LogP contribution in [-0.4, -0.2) is 20.9 Å². The highest BCUT2D eigenvalue weighted by Gasteiger charge is 2.21. The van der Waals surface area contributed by atoms with Crippen LogP contribution in [0.4, 0.5) is 0 Å². The number of hydrogen-bond acceptors (Lipinski definition) is 3. The molecule has 0 saturated carbocycles. The van der Waals surface area contributed by atoms with Crippen LogP contribution in [0.3, 0.4) is 0 Å². The van der Waals surface area contributed by atoms with Gasteiger partial charge in [-0.3, -0.25) is 4.79 Å². The van der Waals surface area contributed by atoms with Gasteiger partial charge in [-0.25, -0.2) is 0 Å². The summed E-state index contributed by atoms with van der Waals surface area (Å²) in [4.78, 5) is 11.3. The molecule has 1 aliphatic carbocycles. The number of rotatable bonds is 6. The van der Waals surface area contributed by atoms with Crippen LogP contribution in [0, 0.1) is 5.92 Å². The molecule has 1 atom stereocenters. The summed E-state index contributed by atoms with van der Waals surface area (Å²) in [5, 5.41) is 0. The summed E-state index contributed by atoms with van der Waals surface area (Å²) in [7, 11) is -1.49. The number of esters is 1.